The third-order valence-electron chi connectivity index (χ3n) is 12.8. The van der Waals surface area contributed by atoms with Crippen LogP contribution in [0.2, 0.25) is 0 Å². The molecular formula is C45H55N7O5. The zero-order valence-electron chi connectivity index (χ0n) is 33.9. The molecule has 3 fully saturated rings. The Morgan fingerprint density at radius 2 is 1.65 bits per heavy atom. The fourth-order valence-electron chi connectivity index (χ4n) is 9.13. The number of likely N-dealkylation sites (tertiary alicyclic amines) is 2. The van der Waals surface area contributed by atoms with Crippen LogP contribution in [0.25, 0.3) is 44.2 Å². The molecule has 12 heteroatoms. The first kappa shape index (κ1) is 38.6. The first-order valence-electron chi connectivity index (χ1n) is 20.6. The largest absolute Gasteiger partial charge is 0.453 e. The minimum absolute atomic E-state index is 0.0181. The van der Waals surface area contributed by atoms with Gasteiger partial charge in [-0.15, -0.1) is 0 Å². The SMILES string of the molecule is COC(=O)N[C@H](C(=O)N1CCC[C@H]1c1nc2ccc3cc(-c4ccc(-c5cnc([C@@H]6C[C@]7(CCCOC7)CN6C(=O)[C@@H](C)C(C)C)[nH]5)cc4)ccc3c2[nH]1)C(C)C. The fraction of sp³-hybridized carbons (Fsp3) is 0.489. The summed E-state index contributed by atoms with van der Waals surface area (Å²) in [6, 6.07) is 18.1. The van der Waals surface area contributed by atoms with E-state index in [4.69, 9.17) is 19.4 Å². The van der Waals surface area contributed by atoms with E-state index in [-0.39, 0.29) is 47.1 Å². The number of benzene rings is 3. The third-order valence-corrected chi connectivity index (χ3v) is 12.8. The number of amides is 3. The van der Waals surface area contributed by atoms with Gasteiger partial charge >= 0.3 is 6.09 Å². The molecule has 5 atom stereocenters. The van der Waals surface area contributed by atoms with E-state index in [1.807, 2.05) is 37.9 Å². The van der Waals surface area contributed by atoms with Crippen LogP contribution in [0, 0.1) is 23.2 Å². The first-order valence-corrected chi connectivity index (χ1v) is 20.6. The van der Waals surface area contributed by atoms with Gasteiger partial charge in [0, 0.05) is 36.4 Å². The zero-order valence-corrected chi connectivity index (χ0v) is 33.9. The van der Waals surface area contributed by atoms with Gasteiger partial charge in [0.15, 0.2) is 0 Å². The van der Waals surface area contributed by atoms with Crippen LogP contribution < -0.4 is 5.32 Å². The van der Waals surface area contributed by atoms with Crippen molar-refractivity contribution in [2.45, 2.75) is 84.8 Å². The average molecular weight is 774 g/mol. The lowest BCUT2D eigenvalue weighted by Crippen LogP contribution is -2.51. The molecule has 0 radical (unpaired) electrons. The number of hydrogen-bond donors (Lipinski definition) is 3. The van der Waals surface area contributed by atoms with E-state index >= 15 is 0 Å². The van der Waals surface area contributed by atoms with Gasteiger partial charge in [0.05, 0.1) is 48.7 Å². The Labute approximate surface area is 334 Å². The highest BCUT2D eigenvalue weighted by Crippen LogP contribution is 2.48. The van der Waals surface area contributed by atoms with Crippen molar-refractivity contribution in [3.05, 3.63) is 72.4 Å². The minimum atomic E-state index is -0.684. The Kier molecular flexibility index (Phi) is 10.6. The normalized spacial score (nSPS) is 22.2. The Hall–Kier alpha value is -5.23. The van der Waals surface area contributed by atoms with Crippen molar-refractivity contribution in [3.8, 4) is 22.4 Å². The second kappa shape index (κ2) is 15.6. The van der Waals surface area contributed by atoms with Crippen molar-refractivity contribution in [1.29, 1.82) is 0 Å². The number of methoxy groups -OCH3 is 1. The van der Waals surface area contributed by atoms with E-state index in [2.05, 4.69) is 82.6 Å². The summed E-state index contributed by atoms with van der Waals surface area (Å²) < 4.78 is 10.7. The number of rotatable bonds is 9. The number of aromatic nitrogens is 4. The first-order chi connectivity index (χ1) is 27.4. The number of aromatic amines is 2. The number of nitrogens with zero attached hydrogens (tertiary/aromatic N) is 4. The van der Waals surface area contributed by atoms with Gasteiger partial charge in [0.2, 0.25) is 11.8 Å². The molecule has 3 amide bonds. The lowest BCUT2D eigenvalue weighted by molar-refractivity contribution is -0.138. The molecule has 3 N–H and O–H groups in total. The van der Waals surface area contributed by atoms with Crippen molar-refractivity contribution in [3.63, 3.8) is 0 Å². The second-order valence-corrected chi connectivity index (χ2v) is 17.2. The highest BCUT2D eigenvalue weighted by Gasteiger charge is 2.49. The molecule has 0 bridgehead atoms. The molecule has 8 rings (SSSR count). The topological polar surface area (TPSA) is 146 Å². The molecule has 1 spiro atoms. The Bertz CT molecular complexity index is 2270. The van der Waals surface area contributed by atoms with Gasteiger partial charge in [-0.25, -0.2) is 14.8 Å². The summed E-state index contributed by atoms with van der Waals surface area (Å²) in [6.45, 7) is 12.9. The van der Waals surface area contributed by atoms with Crippen LogP contribution in [0.1, 0.15) is 90.5 Å². The Morgan fingerprint density at radius 1 is 0.877 bits per heavy atom. The quantitative estimate of drug-likeness (QED) is 0.137. The van der Waals surface area contributed by atoms with Gasteiger partial charge < -0.3 is 34.6 Å². The molecule has 57 heavy (non-hydrogen) atoms. The number of carbonyl (C=O) groups excluding carboxylic acids is 3. The lowest BCUT2D eigenvalue weighted by atomic mass is 9.80. The van der Waals surface area contributed by atoms with Crippen LogP contribution in [0.4, 0.5) is 4.79 Å². The number of imidazole rings is 2. The number of hydrogen-bond acceptors (Lipinski definition) is 7. The highest BCUT2D eigenvalue weighted by atomic mass is 16.5. The van der Waals surface area contributed by atoms with Crippen molar-refractivity contribution in [2.24, 2.45) is 23.2 Å². The average Bonchev–Trinajstić information content (AvgIpc) is 4.05. The molecule has 3 aliphatic heterocycles. The highest BCUT2D eigenvalue weighted by molar-refractivity contribution is 6.05. The van der Waals surface area contributed by atoms with Gasteiger partial charge in [-0.1, -0.05) is 77.1 Å². The standard InChI is InChI=1S/C45H55N7O5/c1-26(2)28(5)42(53)52-24-45(18-8-20-57-25-45)22-37(52)40-46-23-35(48-40)30-12-10-29(11-13-30)31-14-16-33-32(21-31)15-17-34-39(33)49-41(47-34)36-9-7-19-51(36)43(54)38(27(3)4)50-44(55)56-6/h10-17,21,23,26-28,36-38H,7-9,18-20,22,24-25H2,1-6H3,(H,46,48)(H,47,49)(H,50,55)/t28-,36-,37-,38-,45+/m0/s1. The number of fused-ring (bicyclic) bond motifs is 3. The summed E-state index contributed by atoms with van der Waals surface area (Å²) in [6.07, 6.45) is 5.88. The molecule has 3 saturated heterocycles. The number of alkyl carbamates (subject to hydrolysis) is 1. The summed E-state index contributed by atoms with van der Waals surface area (Å²) in [5, 5.41) is 4.87. The number of carbonyl (C=O) groups is 3. The minimum Gasteiger partial charge on any atom is -0.453 e. The maximum Gasteiger partial charge on any atom is 0.407 e. The second-order valence-electron chi connectivity index (χ2n) is 17.2. The van der Waals surface area contributed by atoms with Gasteiger partial charge in [0.25, 0.3) is 0 Å². The third kappa shape index (κ3) is 7.40. The molecule has 12 nitrogen and oxygen atoms in total. The van der Waals surface area contributed by atoms with Crippen LogP contribution in [0.15, 0.2) is 60.8 Å². The van der Waals surface area contributed by atoms with E-state index in [1.54, 1.807) is 0 Å². The van der Waals surface area contributed by atoms with Gasteiger partial charge in [0.1, 0.15) is 17.7 Å². The molecule has 300 valence electrons. The Balaban J connectivity index is 1.00. The molecule has 5 aromatic rings. The molecule has 0 saturated carbocycles. The van der Waals surface area contributed by atoms with Crippen molar-refractivity contribution in [1.82, 2.24) is 35.1 Å². The maximum atomic E-state index is 13.8. The summed E-state index contributed by atoms with van der Waals surface area (Å²) in [7, 11) is 1.30. The molecule has 2 aromatic heterocycles. The van der Waals surface area contributed by atoms with Gasteiger partial charge in [-0.3, -0.25) is 9.59 Å². The summed E-state index contributed by atoms with van der Waals surface area (Å²) in [4.78, 5) is 60.4. The molecule has 5 heterocycles. The smallest absolute Gasteiger partial charge is 0.407 e. The molecule has 0 unspecified atom stereocenters. The van der Waals surface area contributed by atoms with Crippen molar-refractivity contribution in [2.75, 3.05) is 33.4 Å². The van der Waals surface area contributed by atoms with Crippen LogP contribution >= 0.6 is 0 Å². The number of H-pyrrole nitrogens is 2. The molecule has 0 aliphatic carbocycles. The van der Waals surface area contributed by atoms with Crippen molar-refractivity contribution < 1.29 is 23.9 Å². The van der Waals surface area contributed by atoms with E-state index in [0.29, 0.717) is 19.7 Å². The monoisotopic (exact) mass is 773 g/mol. The predicted molar refractivity (Wildman–Crippen MR) is 220 cm³/mol. The van der Waals surface area contributed by atoms with Gasteiger partial charge in [-0.05, 0) is 78.1 Å². The Morgan fingerprint density at radius 3 is 2.37 bits per heavy atom. The van der Waals surface area contributed by atoms with E-state index < -0.39 is 12.1 Å². The summed E-state index contributed by atoms with van der Waals surface area (Å²) >= 11 is 0. The summed E-state index contributed by atoms with van der Waals surface area (Å²) in [5.74, 6) is 1.77. The van der Waals surface area contributed by atoms with Crippen LogP contribution in [-0.2, 0) is 19.1 Å². The maximum absolute atomic E-state index is 13.8. The van der Waals surface area contributed by atoms with Crippen LogP contribution in [0.3, 0.4) is 0 Å². The van der Waals surface area contributed by atoms with Crippen LogP contribution in [0.5, 0.6) is 0 Å². The van der Waals surface area contributed by atoms with E-state index in [9.17, 15) is 14.4 Å². The molecular weight excluding hydrogens is 719 g/mol. The zero-order chi connectivity index (χ0) is 40.0. The fourth-order valence-corrected chi connectivity index (χ4v) is 9.13. The molecule has 3 aliphatic rings. The number of nitrogens with one attached hydrogen (secondary N) is 3. The predicted octanol–water partition coefficient (Wildman–Crippen LogP) is 8.18. The van der Waals surface area contributed by atoms with E-state index in [0.717, 1.165) is 94.5 Å². The lowest BCUT2D eigenvalue weighted by Gasteiger charge is -2.33. The van der Waals surface area contributed by atoms with Crippen LogP contribution in [-0.4, -0.2) is 87.1 Å². The molecule has 3 aromatic carbocycles. The van der Waals surface area contributed by atoms with E-state index in [1.165, 1.54) is 7.11 Å². The van der Waals surface area contributed by atoms with Crippen molar-refractivity contribution >= 4 is 39.7 Å². The van der Waals surface area contributed by atoms with Gasteiger partial charge in [-0.2, -0.15) is 0 Å². The summed E-state index contributed by atoms with van der Waals surface area (Å²) in [5.41, 5.74) is 5.93. The number of ether oxygens (including phenoxy) is 2.